The molecule has 122 valence electrons. The van der Waals surface area contributed by atoms with Crippen LogP contribution in [0.5, 0.6) is 17.2 Å². The molecule has 0 saturated heterocycles. The molecule has 1 aliphatic rings. The summed E-state index contributed by atoms with van der Waals surface area (Å²) < 4.78 is 16.1. The molecule has 0 aromatic heterocycles. The first-order chi connectivity index (χ1) is 11.2. The highest BCUT2D eigenvalue weighted by Gasteiger charge is 2.24. The highest BCUT2D eigenvalue weighted by Crippen LogP contribution is 2.38. The van der Waals surface area contributed by atoms with E-state index in [0.717, 1.165) is 30.0 Å². The summed E-state index contributed by atoms with van der Waals surface area (Å²) in [5.74, 6) is 2.18. The molecule has 0 aliphatic carbocycles. The second-order valence-electron chi connectivity index (χ2n) is 5.44. The Bertz CT molecular complexity index is 718. The van der Waals surface area contributed by atoms with Crippen molar-refractivity contribution < 1.29 is 14.2 Å². The third-order valence-electron chi connectivity index (χ3n) is 4.21. The molecule has 0 spiro atoms. The molecule has 3 rings (SSSR count). The van der Waals surface area contributed by atoms with E-state index in [4.69, 9.17) is 25.8 Å². The van der Waals surface area contributed by atoms with Gasteiger partial charge in [0.2, 0.25) is 0 Å². The van der Waals surface area contributed by atoms with Crippen LogP contribution in [0, 0.1) is 0 Å². The van der Waals surface area contributed by atoms with Crippen molar-refractivity contribution in [3.63, 3.8) is 0 Å². The molecule has 2 aromatic carbocycles. The van der Waals surface area contributed by atoms with Crippen molar-refractivity contribution in [2.75, 3.05) is 27.9 Å². The molecule has 1 N–H and O–H groups in total. The summed E-state index contributed by atoms with van der Waals surface area (Å²) in [7, 11) is 4.93. The lowest BCUT2D eigenvalue weighted by molar-refractivity contribution is 0.353. The van der Waals surface area contributed by atoms with Crippen molar-refractivity contribution >= 4 is 11.6 Å². The molecule has 2 aromatic rings. The molecule has 0 saturated carbocycles. The predicted molar refractivity (Wildman–Crippen MR) is 91.1 cm³/mol. The second-order valence-corrected chi connectivity index (χ2v) is 5.84. The Morgan fingerprint density at radius 3 is 2.30 bits per heavy atom. The minimum absolute atomic E-state index is 0.0713. The van der Waals surface area contributed by atoms with Crippen LogP contribution in [0.3, 0.4) is 0 Å². The van der Waals surface area contributed by atoms with Gasteiger partial charge in [-0.3, -0.25) is 0 Å². The van der Waals surface area contributed by atoms with Crippen LogP contribution in [-0.2, 0) is 6.42 Å². The molecule has 1 unspecified atom stereocenters. The van der Waals surface area contributed by atoms with Crippen LogP contribution in [0.1, 0.15) is 22.7 Å². The van der Waals surface area contributed by atoms with Gasteiger partial charge in [0.15, 0.2) is 11.5 Å². The number of hydrogen-bond donors (Lipinski definition) is 1. The number of ether oxygens (including phenoxy) is 3. The molecular formula is C18H20ClNO3. The minimum atomic E-state index is 0.0713. The van der Waals surface area contributed by atoms with Crippen LogP contribution in [0.25, 0.3) is 0 Å². The Kier molecular flexibility index (Phi) is 4.64. The summed E-state index contributed by atoms with van der Waals surface area (Å²) in [6, 6.07) is 10.1. The summed E-state index contributed by atoms with van der Waals surface area (Å²) in [4.78, 5) is 0. The zero-order chi connectivity index (χ0) is 16.4. The maximum absolute atomic E-state index is 6.28. The highest BCUT2D eigenvalue weighted by molar-refractivity contribution is 6.32. The fourth-order valence-electron chi connectivity index (χ4n) is 3.04. The number of fused-ring (bicyclic) bond motifs is 1. The van der Waals surface area contributed by atoms with E-state index >= 15 is 0 Å². The summed E-state index contributed by atoms with van der Waals surface area (Å²) in [5.41, 5.74) is 3.55. The molecule has 1 aliphatic heterocycles. The monoisotopic (exact) mass is 333 g/mol. The average Bonchev–Trinajstić information content (AvgIpc) is 2.59. The van der Waals surface area contributed by atoms with Gasteiger partial charge in [0, 0.05) is 6.54 Å². The van der Waals surface area contributed by atoms with Crippen LogP contribution in [0.2, 0.25) is 5.02 Å². The Morgan fingerprint density at radius 1 is 0.957 bits per heavy atom. The van der Waals surface area contributed by atoms with Gasteiger partial charge in [0.25, 0.3) is 0 Å². The van der Waals surface area contributed by atoms with Crippen molar-refractivity contribution in [2.24, 2.45) is 0 Å². The predicted octanol–water partition coefficient (Wildman–Crippen LogP) is 3.60. The molecular weight excluding hydrogens is 314 g/mol. The van der Waals surface area contributed by atoms with Gasteiger partial charge < -0.3 is 19.5 Å². The van der Waals surface area contributed by atoms with Gasteiger partial charge in [-0.1, -0.05) is 17.7 Å². The van der Waals surface area contributed by atoms with E-state index in [1.807, 2.05) is 24.3 Å². The van der Waals surface area contributed by atoms with E-state index < -0.39 is 0 Å². The van der Waals surface area contributed by atoms with E-state index in [2.05, 4.69) is 11.4 Å². The number of hydrogen-bond acceptors (Lipinski definition) is 4. The van der Waals surface area contributed by atoms with Crippen LogP contribution < -0.4 is 19.5 Å². The topological polar surface area (TPSA) is 39.7 Å². The zero-order valence-electron chi connectivity index (χ0n) is 13.5. The highest BCUT2D eigenvalue weighted by atomic mass is 35.5. The van der Waals surface area contributed by atoms with Gasteiger partial charge in [-0.2, -0.15) is 0 Å². The molecule has 23 heavy (non-hydrogen) atoms. The quantitative estimate of drug-likeness (QED) is 0.928. The fraction of sp³-hybridized carbons (Fsp3) is 0.333. The molecule has 1 heterocycles. The maximum atomic E-state index is 6.28. The van der Waals surface area contributed by atoms with Crippen molar-refractivity contribution in [1.82, 2.24) is 5.32 Å². The van der Waals surface area contributed by atoms with Gasteiger partial charge in [0.05, 0.1) is 32.4 Å². The normalized spacial score (nSPS) is 16.6. The summed E-state index contributed by atoms with van der Waals surface area (Å²) >= 11 is 6.28. The number of rotatable bonds is 4. The van der Waals surface area contributed by atoms with Crippen molar-refractivity contribution in [3.8, 4) is 17.2 Å². The molecule has 0 radical (unpaired) electrons. The van der Waals surface area contributed by atoms with E-state index in [9.17, 15) is 0 Å². The molecule has 4 nitrogen and oxygen atoms in total. The van der Waals surface area contributed by atoms with E-state index in [1.54, 1.807) is 21.3 Å². The number of benzene rings is 2. The molecule has 5 heteroatoms. The SMILES string of the molecule is COc1ccc(C2NCCc3cc(OC)c(OC)cc32)cc1Cl. The fourth-order valence-corrected chi connectivity index (χ4v) is 3.31. The smallest absolute Gasteiger partial charge is 0.161 e. The summed E-state index contributed by atoms with van der Waals surface area (Å²) in [6.45, 7) is 0.900. The molecule has 0 fully saturated rings. The van der Waals surface area contributed by atoms with E-state index in [0.29, 0.717) is 10.8 Å². The standard InChI is InChI=1S/C18H20ClNO3/c1-21-15-5-4-12(8-14(15)19)18-13-10-17(23-3)16(22-2)9-11(13)6-7-20-18/h4-5,8-10,18,20H,6-7H2,1-3H3. The Balaban J connectivity index is 2.05. The van der Waals surface area contributed by atoms with Gasteiger partial charge in [0.1, 0.15) is 5.75 Å². The third kappa shape index (κ3) is 2.96. The Morgan fingerprint density at radius 2 is 1.65 bits per heavy atom. The van der Waals surface area contributed by atoms with Gasteiger partial charge in [-0.25, -0.2) is 0 Å². The van der Waals surface area contributed by atoms with Crippen molar-refractivity contribution in [2.45, 2.75) is 12.5 Å². The van der Waals surface area contributed by atoms with Gasteiger partial charge >= 0.3 is 0 Å². The van der Waals surface area contributed by atoms with E-state index in [1.165, 1.54) is 11.1 Å². The first-order valence-electron chi connectivity index (χ1n) is 7.49. The molecule has 0 bridgehead atoms. The lowest BCUT2D eigenvalue weighted by atomic mass is 9.89. The molecule has 0 amide bonds. The van der Waals surface area contributed by atoms with Gasteiger partial charge in [-0.15, -0.1) is 0 Å². The Labute approximate surface area is 141 Å². The third-order valence-corrected chi connectivity index (χ3v) is 4.50. The molecule has 1 atom stereocenters. The first kappa shape index (κ1) is 16.0. The van der Waals surface area contributed by atoms with Crippen molar-refractivity contribution in [1.29, 1.82) is 0 Å². The maximum Gasteiger partial charge on any atom is 0.161 e. The summed E-state index contributed by atoms with van der Waals surface area (Å²) in [5, 5.41) is 4.16. The van der Waals surface area contributed by atoms with E-state index in [-0.39, 0.29) is 6.04 Å². The summed E-state index contributed by atoms with van der Waals surface area (Å²) in [6.07, 6.45) is 0.954. The number of methoxy groups -OCH3 is 3. The first-order valence-corrected chi connectivity index (χ1v) is 7.87. The van der Waals surface area contributed by atoms with Crippen molar-refractivity contribution in [3.05, 3.63) is 52.0 Å². The lowest BCUT2D eigenvalue weighted by Crippen LogP contribution is -2.30. The number of nitrogens with one attached hydrogen (secondary N) is 1. The van der Waals surface area contributed by atoms with Crippen LogP contribution >= 0.6 is 11.6 Å². The van der Waals surface area contributed by atoms with Crippen LogP contribution in [0.15, 0.2) is 30.3 Å². The largest absolute Gasteiger partial charge is 0.495 e. The van der Waals surface area contributed by atoms with Crippen LogP contribution in [0.4, 0.5) is 0 Å². The second kappa shape index (κ2) is 6.69. The lowest BCUT2D eigenvalue weighted by Gasteiger charge is -2.28. The Hall–Kier alpha value is -1.91. The zero-order valence-corrected chi connectivity index (χ0v) is 14.2. The minimum Gasteiger partial charge on any atom is -0.495 e. The van der Waals surface area contributed by atoms with Crippen LogP contribution in [-0.4, -0.2) is 27.9 Å². The number of halogens is 1. The van der Waals surface area contributed by atoms with Gasteiger partial charge in [-0.05, 0) is 47.4 Å². The average molecular weight is 334 g/mol.